The maximum Gasteiger partial charge on any atom is 0.191 e. The maximum absolute atomic E-state index is 4.72. The third-order valence-electron chi connectivity index (χ3n) is 4.18. The van der Waals surface area contributed by atoms with Crippen molar-refractivity contribution in [2.75, 3.05) is 13.1 Å². The van der Waals surface area contributed by atoms with Gasteiger partial charge in [-0.1, -0.05) is 31.2 Å². The van der Waals surface area contributed by atoms with E-state index >= 15 is 0 Å². The van der Waals surface area contributed by atoms with Gasteiger partial charge in [0.1, 0.15) is 0 Å². The van der Waals surface area contributed by atoms with Gasteiger partial charge < -0.3 is 10.6 Å². The fourth-order valence-corrected chi connectivity index (χ4v) is 3.51. The summed E-state index contributed by atoms with van der Waals surface area (Å²) < 4.78 is 0. The van der Waals surface area contributed by atoms with E-state index in [0.717, 1.165) is 30.1 Å². The van der Waals surface area contributed by atoms with Crippen molar-refractivity contribution in [3.63, 3.8) is 0 Å². The molecular weight excluding hydrogens is 455 g/mol. The number of pyridine rings is 1. The second kappa shape index (κ2) is 10.5. The number of fused-ring (bicyclic) bond motifs is 1. The lowest BCUT2D eigenvalue weighted by Crippen LogP contribution is -2.39. The van der Waals surface area contributed by atoms with Crippen molar-refractivity contribution in [2.45, 2.75) is 26.3 Å². The molecule has 26 heavy (non-hydrogen) atoms. The first kappa shape index (κ1) is 20.6. The minimum Gasteiger partial charge on any atom is -0.357 e. The van der Waals surface area contributed by atoms with E-state index in [1.54, 1.807) is 11.3 Å². The van der Waals surface area contributed by atoms with Crippen molar-refractivity contribution in [3.8, 4) is 0 Å². The summed E-state index contributed by atoms with van der Waals surface area (Å²) >= 11 is 1.74. The van der Waals surface area contributed by atoms with Gasteiger partial charge in [0, 0.05) is 24.7 Å². The first-order chi connectivity index (χ1) is 12.3. The molecule has 0 spiro atoms. The lowest BCUT2D eigenvalue weighted by molar-refractivity contribution is 0.701. The van der Waals surface area contributed by atoms with Crippen molar-refractivity contribution in [1.29, 1.82) is 0 Å². The highest BCUT2D eigenvalue weighted by Gasteiger charge is 2.07. The molecule has 0 amide bonds. The van der Waals surface area contributed by atoms with Crippen molar-refractivity contribution in [2.24, 2.45) is 4.99 Å². The highest BCUT2D eigenvalue weighted by molar-refractivity contribution is 14.0. The first-order valence-electron chi connectivity index (χ1n) is 8.65. The summed E-state index contributed by atoms with van der Waals surface area (Å²) in [6.07, 6.45) is 1.85. The molecule has 3 aromatic rings. The van der Waals surface area contributed by atoms with Gasteiger partial charge >= 0.3 is 0 Å². The van der Waals surface area contributed by atoms with Crippen molar-refractivity contribution >= 4 is 52.0 Å². The lowest BCUT2D eigenvalue weighted by Gasteiger charge is -2.15. The quantitative estimate of drug-likeness (QED) is 0.304. The Morgan fingerprint density at radius 1 is 1.19 bits per heavy atom. The monoisotopic (exact) mass is 480 g/mol. The maximum atomic E-state index is 4.72. The zero-order chi connectivity index (χ0) is 17.5. The second-order valence-electron chi connectivity index (χ2n) is 6.01. The summed E-state index contributed by atoms with van der Waals surface area (Å²) in [6.45, 7) is 6.55. The summed E-state index contributed by atoms with van der Waals surface area (Å²) in [4.78, 5) is 9.24. The van der Waals surface area contributed by atoms with Gasteiger partial charge in [0.05, 0.1) is 12.2 Å². The largest absolute Gasteiger partial charge is 0.357 e. The van der Waals surface area contributed by atoms with Crippen LogP contribution in [0, 0.1) is 0 Å². The number of hydrogen-bond acceptors (Lipinski definition) is 3. The van der Waals surface area contributed by atoms with E-state index in [4.69, 9.17) is 4.99 Å². The number of thiophene rings is 1. The molecule has 0 aliphatic heterocycles. The van der Waals surface area contributed by atoms with Crippen LogP contribution < -0.4 is 10.6 Å². The smallest absolute Gasteiger partial charge is 0.191 e. The number of halogens is 1. The van der Waals surface area contributed by atoms with Crippen molar-refractivity contribution in [3.05, 3.63) is 64.6 Å². The number of nitrogens with one attached hydrogen (secondary N) is 2. The SMILES string of the molecule is CCNC(=NCc1nccc2ccccc12)NCC(C)c1ccsc1.I. The summed E-state index contributed by atoms with van der Waals surface area (Å²) in [6, 6.07) is 12.5. The van der Waals surface area contributed by atoms with E-state index in [1.807, 2.05) is 24.4 Å². The fourth-order valence-electron chi connectivity index (χ4n) is 2.73. The lowest BCUT2D eigenvalue weighted by atomic mass is 10.1. The molecule has 1 aromatic carbocycles. The number of nitrogens with zero attached hydrogens (tertiary/aromatic N) is 2. The number of rotatable bonds is 6. The molecule has 1 unspecified atom stereocenters. The Hall–Kier alpha value is -1.67. The molecule has 4 nitrogen and oxygen atoms in total. The fraction of sp³-hybridized carbons (Fsp3) is 0.300. The number of guanidine groups is 1. The van der Waals surface area contributed by atoms with E-state index in [0.29, 0.717) is 12.5 Å². The molecule has 138 valence electrons. The Labute approximate surface area is 176 Å². The average Bonchev–Trinajstić information content (AvgIpc) is 3.18. The van der Waals surface area contributed by atoms with Crippen LogP contribution in [-0.4, -0.2) is 24.0 Å². The molecule has 0 saturated carbocycles. The highest BCUT2D eigenvalue weighted by atomic mass is 127. The molecule has 1 atom stereocenters. The van der Waals surface area contributed by atoms with E-state index in [1.165, 1.54) is 10.9 Å². The molecule has 0 aliphatic rings. The predicted molar refractivity (Wildman–Crippen MR) is 123 cm³/mol. The minimum absolute atomic E-state index is 0. The summed E-state index contributed by atoms with van der Waals surface area (Å²) in [5.74, 6) is 1.28. The molecule has 0 aliphatic carbocycles. The Bertz CT molecular complexity index is 827. The van der Waals surface area contributed by atoms with Crippen LogP contribution in [-0.2, 0) is 6.54 Å². The topological polar surface area (TPSA) is 49.3 Å². The number of hydrogen-bond donors (Lipinski definition) is 2. The Morgan fingerprint density at radius 3 is 2.81 bits per heavy atom. The molecule has 6 heteroatoms. The molecule has 2 heterocycles. The summed E-state index contributed by atoms with van der Waals surface area (Å²) in [5.41, 5.74) is 2.37. The van der Waals surface area contributed by atoms with Gasteiger partial charge in [-0.15, -0.1) is 24.0 Å². The van der Waals surface area contributed by atoms with Crippen LogP contribution in [0.4, 0.5) is 0 Å². The van der Waals surface area contributed by atoms with Gasteiger partial charge in [-0.2, -0.15) is 11.3 Å². The first-order valence-corrected chi connectivity index (χ1v) is 9.59. The zero-order valence-electron chi connectivity index (χ0n) is 15.1. The van der Waals surface area contributed by atoms with Gasteiger partial charge in [0.2, 0.25) is 0 Å². The van der Waals surface area contributed by atoms with Gasteiger partial charge in [-0.05, 0) is 46.7 Å². The standard InChI is InChI=1S/C20H24N4S.HI/c1-3-21-20(23-12-15(2)17-9-11-25-14-17)24-13-19-18-7-5-4-6-16(18)8-10-22-19;/h4-11,14-15H,3,12-13H2,1-2H3,(H2,21,23,24);1H. The zero-order valence-corrected chi connectivity index (χ0v) is 18.3. The highest BCUT2D eigenvalue weighted by Crippen LogP contribution is 2.18. The molecule has 0 saturated heterocycles. The van der Waals surface area contributed by atoms with Gasteiger partial charge in [0.25, 0.3) is 0 Å². The predicted octanol–water partition coefficient (Wildman–Crippen LogP) is 4.77. The molecule has 0 fully saturated rings. The van der Waals surface area contributed by atoms with E-state index < -0.39 is 0 Å². The van der Waals surface area contributed by atoms with E-state index in [-0.39, 0.29) is 24.0 Å². The minimum atomic E-state index is 0. The molecule has 0 radical (unpaired) electrons. The van der Waals surface area contributed by atoms with E-state index in [9.17, 15) is 0 Å². The molecule has 2 N–H and O–H groups in total. The average molecular weight is 480 g/mol. The molecule has 0 bridgehead atoms. The number of benzene rings is 1. The van der Waals surface area contributed by atoms with Gasteiger partial charge in [0.15, 0.2) is 5.96 Å². The van der Waals surface area contributed by atoms with Crippen LogP contribution >= 0.6 is 35.3 Å². The third kappa shape index (κ3) is 5.41. The van der Waals surface area contributed by atoms with Crippen molar-refractivity contribution < 1.29 is 0 Å². The normalized spacial score (nSPS) is 12.5. The van der Waals surface area contributed by atoms with Gasteiger partial charge in [-0.25, -0.2) is 4.99 Å². The Kier molecular flexibility index (Phi) is 8.31. The van der Waals surface area contributed by atoms with Crippen LogP contribution in [0.5, 0.6) is 0 Å². The Morgan fingerprint density at radius 2 is 2.04 bits per heavy atom. The second-order valence-corrected chi connectivity index (χ2v) is 6.79. The van der Waals surface area contributed by atoms with Crippen LogP contribution in [0.2, 0.25) is 0 Å². The number of aromatic nitrogens is 1. The molecule has 3 rings (SSSR count). The summed E-state index contributed by atoms with van der Waals surface area (Å²) in [5, 5.41) is 13.4. The van der Waals surface area contributed by atoms with Crippen molar-refractivity contribution in [1.82, 2.24) is 15.6 Å². The summed E-state index contributed by atoms with van der Waals surface area (Å²) in [7, 11) is 0. The van der Waals surface area contributed by atoms with Crippen LogP contribution in [0.3, 0.4) is 0 Å². The number of aliphatic imine (C=N–C) groups is 1. The molecule has 2 aromatic heterocycles. The van der Waals surface area contributed by atoms with Crippen LogP contribution in [0.1, 0.15) is 31.0 Å². The Balaban J connectivity index is 0.00000243. The molecular formula is C20H25IN4S. The third-order valence-corrected chi connectivity index (χ3v) is 4.88. The van der Waals surface area contributed by atoms with Crippen LogP contribution in [0.25, 0.3) is 10.8 Å². The van der Waals surface area contributed by atoms with Crippen LogP contribution in [0.15, 0.2) is 58.3 Å². The van der Waals surface area contributed by atoms with E-state index in [2.05, 4.69) is 58.4 Å². The van der Waals surface area contributed by atoms with Gasteiger partial charge in [-0.3, -0.25) is 4.98 Å².